The predicted octanol–water partition coefficient (Wildman–Crippen LogP) is 3.19. The number of Topliss-reactive ketones (excluding diaryl/α,β-unsaturated/α-hetero) is 1. The molecule has 1 aliphatic rings. The van der Waals surface area contributed by atoms with Crippen molar-refractivity contribution in [1.82, 2.24) is 0 Å². The van der Waals surface area contributed by atoms with Crippen molar-refractivity contribution in [2.45, 2.75) is 20.8 Å². The molecule has 0 atom stereocenters. The zero-order chi connectivity index (χ0) is 13.3. The molecular weight excluding hydrogens is 224 g/mol. The van der Waals surface area contributed by atoms with Gasteiger partial charge in [0.15, 0.2) is 0 Å². The largest absolute Gasteiger partial charge is 0.286 e. The zero-order valence-electron chi connectivity index (χ0n) is 10.9. The van der Waals surface area contributed by atoms with Crippen molar-refractivity contribution in [2.75, 3.05) is 0 Å². The Bertz CT molecular complexity index is 555. The molecule has 0 saturated heterocycles. The number of hydrogen-bond donors (Lipinski definition) is 0. The highest BCUT2D eigenvalue weighted by atomic mass is 16.2. The van der Waals surface area contributed by atoms with Crippen LogP contribution in [-0.2, 0) is 9.59 Å². The van der Waals surface area contributed by atoms with Crippen LogP contribution in [0.1, 0.15) is 26.3 Å². The molecule has 92 valence electrons. The molecule has 0 aromatic heterocycles. The predicted molar refractivity (Wildman–Crippen MR) is 72.0 cm³/mol. The fraction of sp³-hybridized carbons (Fsp3) is 0.250. The zero-order valence-corrected chi connectivity index (χ0v) is 10.9. The molecule has 2 heteroatoms. The molecule has 0 saturated carbocycles. The Labute approximate surface area is 107 Å². The molecular formula is C16H16O2. The van der Waals surface area contributed by atoms with Crippen LogP contribution in [0.25, 0.3) is 5.57 Å². The second kappa shape index (κ2) is 4.37. The van der Waals surface area contributed by atoms with E-state index in [0.717, 1.165) is 11.1 Å². The van der Waals surface area contributed by atoms with Gasteiger partial charge in [0.05, 0.1) is 0 Å². The summed E-state index contributed by atoms with van der Waals surface area (Å²) >= 11 is 0. The van der Waals surface area contributed by atoms with Gasteiger partial charge in [0, 0.05) is 5.57 Å². The van der Waals surface area contributed by atoms with E-state index in [2.05, 4.69) is 0 Å². The van der Waals surface area contributed by atoms with E-state index < -0.39 is 11.6 Å². The molecule has 0 amide bonds. The first-order chi connectivity index (χ1) is 8.39. The minimum atomic E-state index is -0.429. The van der Waals surface area contributed by atoms with Crippen molar-refractivity contribution >= 4 is 17.1 Å². The number of hydrogen-bond acceptors (Lipinski definition) is 2. The lowest BCUT2D eigenvalue weighted by molar-refractivity contribution is -0.130. The van der Waals surface area contributed by atoms with Gasteiger partial charge in [-0.05, 0) is 28.7 Å². The molecule has 0 heterocycles. The maximum Gasteiger partial charge on any atom is 0.233 e. The van der Waals surface area contributed by atoms with Gasteiger partial charge in [-0.25, -0.2) is 0 Å². The quantitative estimate of drug-likeness (QED) is 0.558. The summed E-state index contributed by atoms with van der Waals surface area (Å²) in [4.78, 5) is 23.7. The normalized spacial score (nSPS) is 16.4. The van der Waals surface area contributed by atoms with Gasteiger partial charge in [-0.2, -0.15) is 0 Å². The fourth-order valence-corrected chi connectivity index (χ4v) is 1.87. The van der Waals surface area contributed by atoms with Gasteiger partial charge < -0.3 is 0 Å². The average Bonchev–Trinajstić information content (AvgIpc) is 2.32. The smallest absolute Gasteiger partial charge is 0.233 e. The SMILES string of the molecule is CC(C)(C)C1=CC(=O)C(=O)C(c2ccccc2)=C1. The summed E-state index contributed by atoms with van der Waals surface area (Å²) in [7, 11) is 0. The fourth-order valence-electron chi connectivity index (χ4n) is 1.87. The van der Waals surface area contributed by atoms with Gasteiger partial charge in [0.2, 0.25) is 11.6 Å². The van der Waals surface area contributed by atoms with Crippen LogP contribution in [0.4, 0.5) is 0 Å². The number of benzene rings is 1. The molecule has 18 heavy (non-hydrogen) atoms. The van der Waals surface area contributed by atoms with Crippen LogP contribution in [0.15, 0.2) is 48.1 Å². The second-order valence-electron chi connectivity index (χ2n) is 5.47. The number of carbonyl (C=O) groups is 2. The summed E-state index contributed by atoms with van der Waals surface area (Å²) in [5.74, 6) is -0.851. The molecule has 0 radical (unpaired) electrons. The van der Waals surface area contributed by atoms with Crippen molar-refractivity contribution in [3.63, 3.8) is 0 Å². The van der Waals surface area contributed by atoms with Crippen molar-refractivity contribution in [2.24, 2.45) is 5.41 Å². The topological polar surface area (TPSA) is 34.1 Å². The number of rotatable bonds is 1. The van der Waals surface area contributed by atoms with Gasteiger partial charge in [-0.15, -0.1) is 0 Å². The van der Waals surface area contributed by atoms with E-state index in [9.17, 15) is 9.59 Å². The van der Waals surface area contributed by atoms with E-state index in [1.54, 1.807) is 0 Å². The minimum Gasteiger partial charge on any atom is -0.286 e. The molecule has 0 fully saturated rings. The Kier molecular flexibility index (Phi) is 3.04. The van der Waals surface area contributed by atoms with Crippen molar-refractivity contribution in [3.05, 3.63) is 53.6 Å². The van der Waals surface area contributed by atoms with Crippen molar-refractivity contribution < 1.29 is 9.59 Å². The van der Waals surface area contributed by atoms with E-state index in [4.69, 9.17) is 0 Å². The molecule has 1 aliphatic carbocycles. The first kappa shape index (κ1) is 12.5. The van der Waals surface area contributed by atoms with Crippen LogP contribution < -0.4 is 0 Å². The van der Waals surface area contributed by atoms with Crippen molar-refractivity contribution in [1.29, 1.82) is 0 Å². The Morgan fingerprint density at radius 2 is 1.50 bits per heavy atom. The second-order valence-corrected chi connectivity index (χ2v) is 5.47. The number of carbonyl (C=O) groups excluding carboxylic acids is 2. The summed E-state index contributed by atoms with van der Waals surface area (Å²) < 4.78 is 0. The lowest BCUT2D eigenvalue weighted by Crippen LogP contribution is -2.21. The molecule has 0 unspecified atom stereocenters. The van der Waals surface area contributed by atoms with Gasteiger partial charge in [0.1, 0.15) is 0 Å². The number of allylic oxidation sites excluding steroid dienone is 4. The highest BCUT2D eigenvalue weighted by molar-refractivity contribution is 6.58. The molecule has 0 aliphatic heterocycles. The number of ketones is 2. The molecule has 2 nitrogen and oxygen atoms in total. The highest BCUT2D eigenvalue weighted by Gasteiger charge is 2.27. The molecule has 0 bridgehead atoms. The highest BCUT2D eigenvalue weighted by Crippen LogP contribution is 2.32. The molecule has 2 rings (SSSR count). The molecule has 0 N–H and O–H groups in total. The summed E-state index contributed by atoms with van der Waals surface area (Å²) in [5.41, 5.74) is 2.04. The van der Waals surface area contributed by atoms with Crippen LogP contribution in [0.3, 0.4) is 0 Å². The lowest BCUT2D eigenvalue weighted by atomic mass is 9.80. The summed E-state index contributed by atoms with van der Waals surface area (Å²) in [6.45, 7) is 6.09. The van der Waals surface area contributed by atoms with Gasteiger partial charge >= 0.3 is 0 Å². The third-order valence-electron chi connectivity index (χ3n) is 3.01. The third kappa shape index (κ3) is 2.33. The van der Waals surface area contributed by atoms with E-state index in [1.165, 1.54) is 6.08 Å². The van der Waals surface area contributed by atoms with Crippen LogP contribution in [0.5, 0.6) is 0 Å². The minimum absolute atomic E-state index is 0.142. The van der Waals surface area contributed by atoms with Gasteiger partial charge in [-0.1, -0.05) is 51.1 Å². The Morgan fingerprint density at radius 3 is 2.06 bits per heavy atom. The first-order valence-electron chi connectivity index (χ1n) is 5.97. The lowest BCUT2D eigenvalue weighted by Gasteiger charge is -2.23. The standard InChI is InChI=1S/C16H16O2/c1-16(2,3)12-9-13(15(18)14(17)10-12)11-7-5-4-6-8-11/h4-10H,1-3H3. The summed E-state index contributed by atoms with van der Waals surface area (Å²) in [6.07, 6.45) is 3.29. The van der Waals surface area contributed by atoms with Gasteiger partial charge in [0.25, 0.3) is 0 Å². The van der Waals surface area contributed by atoms with Crippen LogP contribution >= 0.6 is 0 Å². The van der Waals surface area contributed by atoms with Crippen LogP contribution in [-0.4, -0.2) is 11.6 Å². The molecule has 1 aromatic rings. The van der Waals surface area contributed by atoms with Crippen LogP contribution in [0, 0.1) is 5.41 Å². The van der Waals surface area contributed by atoms with E-state index in [0.29, 0.717) is 5.57 Å². The Hall–Kier alpha value is -1.96. The Morgan fingerprint density at radius 1 is 0.889 bits per heavy atom. The Balaban J connectivity index is 2.52. The summed E-state index contributed by atoms with van der Waals surface area (Å²) in [5, 5.41) is 0. The third-order valence-corrected chi connectivity index (χ3v) is 3.01. The van der Waals surface area contributed by atoms with Gasteiger partial charge in [-0.3, -0.25) is 9.59 Å². The van der Waals surface area contributed by atoms with Crippen molar-refractivity contribution in [3.8, 4) is 0 Å². The maximum absolute atomic E-state index is 11.9. The average molecular weight is 240 g/mol. The van der Waals surface area contributed by atoms with E-state index in [-0.39, 0.29) is 5.41 Å². The summed E-state index contributed by atoms with van der Waals surface area (Å²) in [6, 6.07) is 9.32. The van der Waals surface area contributed by atoms with E-state index in [1.807, 2.05) is 57.2 Å². The first-order valence-corrected chi connectivity index (χ1v) is 5.97. The maximum atomic E-state index is 11.9. The monoisotopic (exact) mass is 240 g/mol. The molecule has 1 aromatic carbocycles. The van der Waals surface area contributed by atoms with Crippen LogP contribution in [0.2, 0.25) is 0 Å². The molecule has 0 spiro atoms. The van der Waals surface area contributed by atoms with E-state index >= 15 is 0 Å².